The Bertz CT molecular complexity index is 355. The van der Waals surface area contributed by atoms with Crippen molar-refractivity contribution in [3.63, 3.8) is 0 Å². The van der Waals surface area contributed by atoms with E-state index >= 15 is 0 Å². The molecule has 1 unspecified atom stereocenters. The average molecular weight is 266 g/mol. The SMILES string of the molecule is CCCN=C(NCC)N1CCCC2(CNC(=O)C2)C1. The number of guanidine groups is 1. The van der Waals surface area contributed by atoms with Crippen molar-refractivity contribution < 1.29 is 4.79 Å². The topological polar surface area (TPSA) is 56.7 Å². The van der Waals surface area contributed by atoms with Crippen LogP contribution in [0.1, 0.15) is 39.5 Å². The maximum atomic E-state index is 11.5. The molecular formula is C14H26N4O. The van der Waals surface area contributed by atoms with Crippen molar-refractivity contribution in [2.24, 2.45) is 10.4 Å². The number of aliphatic imine (C=N–C) groups is 1. The summed E-state index contributed by atoms with van der Waals surface area (Å²) in [5.41, 5.74) is 0.137. The molecule has 0 radical (unpaired) electrons. The molecule has 2 fully saturated rings. The minimum absolute atomic E-state index is 0.137. The molecule has 2 N–H and O–H groups in total. The zero-order valence-electron chi connectivity index (χ0n) is 12.2. The van der Waals surface area contributed by atoms with Crippen molar-refractivity contribution in [3.8, 4) is 0 Å². The van der Waals surface area contributed by atoms with Crippen LogP contribution in [0.4, 0.5) is 0 Å². The summed E-state index contributed by atoms with van der Waals surface area (Å²) >= 11 is 0. The lowest BCUT2D eigenvalue weighted by Crippen LogP contribution is -2.51. The van der Waals surface area contributed by atoms with Gasteiger partial charge in [-0.15, -0.1) is 0 Å². The second kappa shape index (κ2) is 6.26. The molecule has 2 aliphatic heterocycles. The molecule has 1 amide bonds. The molecule has 0 saturated carbocycles. The van der Waals surface area contributed by atoms with Gasteiger partial charge in [-0.3, -0.25) is 9.79 Å². The highest BCUT2D eigenvalue weighted by Gasteiger charge is 2.42. The van der Waals surface area contributed by atoms with Crippen LogP contribution in [0.2, 0.25) is 0 Å². The Morgan fingerprint density at radius 1 is 1.53 bits per heavy atom. The van der Waals surface area contributed by atoms with Crippen molar-refractivity contribution in [1.82, 2.24) is 15.5 Å². The fraction of sp³-hybridized carbons (Fsp3) is 0.857. The van der Waals surface area contributed by atoms with Gasteiger partial charge in [-0.05, 0) is 26.2 Å². The van der Waals surface area contributed by atoms with Gasteiger partial charge in [0.15, 0.2) is 5.96 Å². The zero-order chi connectivity index (χ0) is 13.7. The first-order valence-electron chi connectivity index (χ1n) is 7.49. The summed E-state index contributed by atoms with van der Waals surface area (Å²) in [6, 6.07) is 0. The molecule has 2 rings (SSSR count). The molecule has 2 saturated heterocycles. The number of nitrogens with zero attached hydrogens (tertiary/aromatic N) is 2. The number of carbonyl (C=O) groups excluding carboxylic acids is 1. The van der Waals surface area contributed by atoms with E-state index in [-0.39, 0.29) is 11.3 Å². The molecule has 5 nitrogen and oxygen atoms in total. The second-order valence-electron chi connectivity index (χ2n) is 5.71. The van der Waals surface area contributed by atoms with Gasteiger partial charge in [-0.2, -0.15) is 0 Å². The van der Waals surface area contributed by atoms with Crippen LogP contribution < -0.4 is 10.6 Å². The van der Waals surface area contributed by atoms with E-state index in [1.807, 2.05) is 0 Å². The van der Waals surface area contributed by atoms with Gasteiger partial charge < -0.3 is 15.5 Å². The Labute approximate surface area is 115 Å². The Morgan fingerprint density at radius 3 is 3.00 bits per heavy atom. The van der Waals surface area contributed by atoms with Crippen LogP contribution in [-0.2, 0) is 4.79 Å². The normalized spacial score (nSPS) is 27.8. The highest BCUT2D eigenvalue weighted by atomic mass is 16.1. The summed E-state index contributed by atoms with van der Waals surface area (Å²) in [6.07, 6.45) is 4.03. The lowest BCUT2D eigenvalue weighted by atomic mass is 9.79. The number of carbonyl (C=O) groups is 1. The van der Waals surface area contributed by atoms with Crippen molar-refractivity contribution in [1.29, 1.82) is 0 Å². The van der Waals surface area contributed by atoms with Crippen molar-refractivity contribution in [3.05, 3.63) is 0 Å². The van der Waals surface area contributed by atoms with Gasteiger partial charge >= 0.3 is 0 Å². The van der Waals surface area contributed by atoms with Crippen molar-refractivity contribution >= 4 is 11.9 Å². The quantitative estimate of drug-likeness (QED) is 0.591. The van der Waals surface area contributed by atoms with E-state index in [1.54, 1.807) is 0 Å². The Kier molecular flexibility index (Phi) is 4.66. The molecule has 0 aromatic carbocycles. The predicted molar refractivity (Wildman–Crippen MR) is 77.1 cm³/mol. The lowest BCUT2D eigenvalue weighted by molar-refractivity contribution is -0.119. The molecule has 19 heavy (non-hydrogen) atoms. The van der Waals surface area contributed by atoms with Gasteiger partial charge in [0.1, 0.15) is 0 Å². The number of hydrogen-bond acceptors (Lipinski definition) is 2. The summed E-state index contributed by atoms with van der Waals surface area (Å²) in [6.45, 7) is 8.82. The average Bonchev–Trinajstić information content (AvgIpc) is 2.75. The van der Waals surface area contributed by atoms with E-state index in [4.69, 9.17) is 0 Å². The first kappa shape index (κ1) is 14.2. The summed E-state index contributed by atoms with van der Waals surface area (Å²) in [5.74, 6) is 1.22. The van der Waals surface area contributed by atoms with Gasteiger partial charge in [0.05, 0.1) is 0 Å². The third-order valence-corrected chi connectivity index (χ3v) is 3.98. The largest absolute Gasteiger partial charge is 0.357 e. The first-order valence-corrected chi connectivity index (χ1v) is 7.49. The van der Waals surface area contributed by atoms with Gasteiger partial charge in [0, 0.05) is 44.6 Å². The van der Waals surface area contributed by atoms with Crippen LogP contribution in [-0.4, -0.2) is 49.5 Å². The van der Waals surface area contributed by atoms with E-state index in [1.165, 1.54) is 0 Å². The Morgan fingerprint density at radius 2 is 2.37 bits per heavy atom. The maximum Gasteiger partial charge on any atom is 0.220 e. The number of hydrogen-bond donors (Lipinski definition) is 2. The molecule has 2 aliphatic rings. The summed E-state index contributed by atoms with van der Waals surface area (Å²) in [4.78, 5) is 18.5. The lowest BCUT2D eigenvalue weighted by Gasteiger charge is -2.40. The van der Waals surface area contributed by atoms with Crippen LogP contribution in [0.15, 0.2) is 4.99 Å². The highest BCUT2D eigenvalue weighted by molar-refractivity contribution is 5.81. The van der Waals surface area contributed by atoms with E-state index in [0.717, 1.165) is 57.9 Å². The first-order chi connectivity index (χ1) is 9.19. The molecule has 108 valence electrons. The van der Waals surface area contributed by atoms with Crippen molar-refractivity contribution in [2.75, 3.05) is 32.7 Å². The molecule has 5 heteroatoms. The molecular weight excluding hydrogens is 240 g/mol. The fourth-order valence-electron chi connectivity index (χ4n) is 3.07. The van der Waals surface area contributed by atoms with E-state index < -0.39 is 0 Å². The molecule has 0 bridgehead atoms. The molecule has 0 aromatic heterocycles. The van der Waals surface area contributed by atoms with E-state index in [9.17, 15) is 4.79 Å². The summed E-state index contributed by atoms with van der Waals surface area (Å²) < 4.78 is 0. The number of piperidine rings is 1. The van der Waals surface area contributed by atoms with Crippen LogP contribution in [0.25, 0.3) is 0 Å². The molecule has 0 aliphatic carbocycles. The minimum atomic E-state index is 0.137. The van der Waals surface area contributed by atoms with E-state index in [2.05, 4.69) is 34.4 Å². The molecule has 0 aromatic rings. The highest BCUT2D eigenvalue weighted by Crippen LogP contribution is 2.35. The summed E-state index contributed by atoms with van der Waals surface area (Å²) in [5, 5.41) is 6.36. The Hall–Kier alpha value is -1.26. The fourth-order valence-corrected chi connectivity index (χ4v) is 3.07. The number of nitrogens with one attached hydrogen (secondary N) is 2. The maximum absolute atomic E-state index is 11.5. The van der Waals surface area contributed by atoms with Crippen LogP contribution >= 0.6 is 0 Å². The van der Waals surface area contributed by atoms with Crippen molar-refractivity contribution in [2.45, 2.75) is 39.5 Å². The Balaban J connectivity index is 2.04. The van der Waals surface area contributed by atoms with Gasteiger partial charge in [0.2, 0.25) is 5.91 Å². The standard InChI is InChI=1S/C14H26N4O/c1-3-7-16-13(15-4-2)18-8-5-6-14(11-18)9-12(19)17-10-14/h3-11H2,1-2H3,(H,15,16)(H,17,19). The number of amides is 1. The van der Waals surface area contributed by atoms with Gasteiger partial charge in [-0.25, -0.2) is 0 Å². The third-order valence-electron chi connectivity index (χ3n) is 3.98. The van der Waals surface area contributed by atoms with Gasteiger partial charge in [0.25, 0.3) is 0 Å². The van der Waals surface area contributed by atoms with Gasteiger partial charge in [-0.1, -0.05) is 6.92 Å². The van der Waals surface area contributed by atoms with Crippen LogP contribution in [0, 0.1) is 5.41 Å². The second-order valence-corrected chi connectivity index (χ2v) is 5.71. The number of rotatable bonds is 3. The summed E-state index contributed by atoms with van der Waals surface area (Å²) in [7, 11) is 0. The number of likely N-dealkylation sites (tertiary alicyclic amines) is 1. The van der Waals surface area contributed by atoms with Crippen LogP contribution in [0.5, 0.6) is 0 Å². The molecule has 1 atom stereocenters. The third kappa shape index (κ3) is 3.39. The molecule has 1 spiro atoms. The smallest absolute Gasteiger partial charge is 0.220 e. The zero-order valence-corrected chi connectivity index (χ0v) is 12.2. The molecule has 2 heterocycles. The predicted octanol–water partition coefficient (Wildman–Crippen LogP) is 0.964. The van der Waals surface area contributed by atoms with E-state index in [0.29, 0.717) is 6.42 Å². The minimum Gasteiger partial charge on any atom is -0.357 e. The van der Waals surface area contributed by atoms with Crippen LogP contribution in [0.3, 0.4) is 0 Å². The monoisotopic (exact) mass is 266 g/mol.